The number of hydrogen-bond donors (Lipinski definition) is 2. The quantitative estimate of drug-likeness (QED) is 0.312. The third kappa shape index (κ3) is 6.35. The van der Waals surface area contributed by atoms with E-state index in [1.165, 1.54) is 19.2 Å². The van der Waals surface area contributed by atoms with Crippen molar-refractivity contribution in [3.8, 4) is 11.3 Å². The largest absolute Gasteiger partial charge is 0.468 e. The second kappa shape index (κ2) is 11.6. The molecule has 0 aliphatic carbocycles. The van der Waals surface area contributed by atoms with Crippen LogP contribution in [0.15, 0.2) is 108 Å². The summed E-state index contributed by atoms with van der Waals surface area (Å²) in [4.78, 5) is 17.4. The van der Waals surface area contributed by atoms with Gasteiger partial charge in [0.1, 0.15) is 6.04 Å². The molecule has 1 heterocycles. The van der Waals surface area contributed by atoms with Gasteiger partial charge in [0.25, 0.3) is 10.0 Å². The standard InChI is InChI=1S/C28H27N3O4S/c1-35-28(32)26(19-21-11-5-2-6-12-21)29-20-27-25(31-36(33,34)23-15-9-4-10-16-23)18-17-24(30-27)22-13-7-3-8-14-22/h2-18,26,29,31H,19-20H2,1H3/t26-/m0/s1. The molecule has 0 aliphatic heterocycles. The monoisotopic (exact) mass is 501 g/mol. The van der Waals surface area contributed by atoms with Gasteiger partial charge in [-0.2, -0.15) is 0 Å². The van der Waals surface area contributed by atoms with E-state index < -0.39 is 22.0 Å². The van der Waals surface area contributed by atoms with Gasteiger partial charge in [-0.1, -0.05) is 78.9 Å². The summed E-state index contributed by atoms with van der Waals surface area (Å²) in [5.41, 5.74) is 3.33. The van der Waals surface area contributed by atoms with E-state index in [-0.39, 0.29) is 11.4 Å². The highest BCUT2D eigenvalue weighted by Crippen LogP contribution is 2.24. The Morgan fingerprint density at radius 1 is 0.861 bits per heavy atom. The van der Waals surface area contributed by atoms with Crippen molar-refractivity contribution in [2.24, 2.45) is 0 Å². The van der Waals surface area contributed by atoms with Gasteiger partial charge in [0, 0.05) is 12.1 Å². The van der Waals surface area contributed by atoms with E-state index in [0.717, 1.165) is 11.1 Å². The summed E-state index contributed by atoms with van der Waals surface area (Å²) in [6.07, 6.45) is 0.414. The lowest BCUT2D eigenvalue weighted by molar-refractivity contribution is -0.143. The van der Waals surface area contributed by atoms with Crippen molar-refractivity contribution in [3.63, 3.8) is 0 Å². The average Bonchev–Trinajstić information content (AvgIpc) is 2.92. The predicted octanol–water partition coefficient (Wildman–Crippen LogP) is 4.42. The molecule has 0 saturated heterocycles. The number of anilines is 1. The van der Waals surface area contributed by atoms with Gasteiger partial charge in [0.05, 0.1) is 29.1 Å². The van der Waals surface area contributed by atoms with Crippen molar-refractivity contribution in [1.82, 2.24) is 10.3 Å². The van der Waals surface area contributed by atoms with Crippen molar-refractivity contribution < 1.29 is 17.9 Å². The number of sulfonamides is 1. The maximum Gasteiger partial charge on any atom is 0.323 e. The molecule has 1 aromatic heterocycles. The molecule has 4 aromatic rings. The van der Waals surface area contributed by atoms with Crippen LogP contribution in [0.4, 0.5) is 5.69 Å². The summed E-state index contributed by atoms with van der Waals surface area (Å²) >= 11 is 0. The van der Waals surface area contributed by atoms with Crippen LogP contribution in [0.25, 0.3) is 11.3 Å². The molecule has 0 amide bonds. The van der Waals surface area contributed by atoms with Gasteiger partial charge in [0.15, 0.2) is 0 Å². The number of carbonyl (C=O) groups is 1. The van der Waals surface area contributed by atoms with Crippen LogP contribution < -0.4 is 10.0 Å². The Morgan fingerprint density at radius 3 is 2.11 bits per heavy atom. The highest BCUT2D eigenvalue weighted by molar-refractivity contribution is 7.92. The molecule has 0 bridgehead atoms. The van der Waals surface area contributed by atoms with Crippen LogP contribution in [-0.4, -0.2) is 32.5 Å². The maximum atomic E-state index is 13.0. The number of methoxy groups -OCH3 is 1. The fourth-order valence-corrected chi connectivity index (χ4v) is 4.86. The van der Waals surface area contributed by atoms with E-state index in [1.807, 2.05) is 60.7 Å². The SMILES string of the molecule is COC(=O)[C@H](Cc1ccccc1)NCc1nc(-c2ccccc2)ccc1NS(=O)(=O)c1ccccc1. The van der Waals surface area contributed by atoms with Crippen LogP contribution in [-0.2, 0) is 32.5 Å². The van der Waals surface area contributed by atoms with Gasteiger partial charge < -0.3 is 4.74 Å². The Morgan fingerprint density at radius 2 is 1.47 bits per heavy atom. The van der Waals surface area contributed by atoms with Crippen LogP contribution in [0.2, 0.25) is 0 Å². The minimum absolute atomic E-state index is 0.139. The van der Waals surface area contributed by atoms with Crippen LogP contribution in [0.5, 0.6) is 0 Å². The van der Waals surface area contributed by atoms with Crippen LogP contribution in [0.1, 0.15) is 11.3 Å². The molecular weight excluding hydrogens is 474 g/mol. The first-order chi connectivity index (χ1) is 17.5. The molecule has 4 rings (SSSR count). The first-order valence-corrected chi connectivity index (χ1v) is 12.9. The summed E-state index contributed by atoms with van der Waals surface area (Å²) in [6.45, 7) is 0.139. The number of hydrogen-bond acceptors (Lipinski definition) is 6. The van der Waals surface area contributed by atoms with Crippen molar-refractivity contribution in [3.05, 3.63) is 114 Å². The zero-order valence-electron chi connectivity index (χ0n) is 19.8. The van der Waals surface area contributed by atoms with Gasteiger partial charge in [-0.15, -0.1) is 0 Å². The minimum atomic E-state index is -3.83. The third-order valence-electron chi connectivity index (χ3n) is 5.63. The van der Waals surface area contributed by atoms with Crippen LogP contribution >= 0.6 is 0 Å². The van der Waals surface area contributed by atoms with Crippen molar-refractivity contribution in [2.75, 3.05) is 11.8 Å². The number of esters is 1. The molecule has 184 valence electrons. The number of rotatable bonds is 10. The Kier molecular flexibility index (Phi) is 8.10. The second-order valence-electron chi connectivity index (χ2n) is 8.12. The summed E-state index contributed by atoms with van der Waals surface area (Å²) in [5, 5.41) is 3.21. The zero-order chi connectivity index (χ0) is 25.4. The Hall–Kier alpha value is -4.01. The van der Waals surface area contributed by atoms with Gasteiger partial charge in [-0.25, -0.2) is 13.4 Å². The molecule has 36 heavy (non-hydrogen) atoms. The molecule has 8 heteroatoms. The fourth-order valence-electron chi connectivity index (χ4n) is 3.75. The zero-order valence-corrected chi connectivity index (χ0v) is 20.6. The number of benzene rings is 3. The third-order valence-corrected chi connectivity index (χ3v) is 7.01. The maximum absolute atomic E-state index is 13.0. The highest BCUT2D eigenvalue weighted by atomic mass is 32.2. The summed E-state index contributed by atoms with van der Waals surface area (Å²) in [5.74, 6) is -0.413. The lowest BCUT2D eigenvalue weighted by Gasteiger charge is -2.19. The van der Waals surface area contributed by atoms with Crippen LogP contribution in [0.3, 0.4) is 0 Å². The van der Waals surface area contributed by atoms with E-state index in [4.69, 9.17) is 9.72 Å². The van der Waals surface area contributed by atoms with Gasteiger partial charge >= 0.3 is 5.97 Å². The molecule has 0 fully saturated rings. The molecule has 0 unspecified atom stereocenters. The molecule has 0 radical (unpaired) electrons. The fraction of sp³-hybridized carbons (Fsp3) is 0.143. The van der Waals surface area contributed by atoms with E-state index in [9.17, 15) is 13.2 Å². The van der Waals surface area contributed by atoms with E-state index in [0.29, 0.717) is 23.5 Å². The molecule has 0 aliphatic rings. The summed E-state index contributed by atoms with van der Waals surface area (Å²) in [7, 11) is -2.49. The van der Waals surface area contributed by atoms with E-state index in [2.05, 4.69) is 10.0 Å². The number of pyridine rings is 1. The van der Waals surface area contributed by atoms with Gasteiger partial charge in [-0.05, 0) is 36.2 Å². The average molecular weight is 502 g/mol. The van der Waals surface area contributed by atoms with Gasteiger partial charge in [-0.3, -0.25) is 14.8 Å². The Labute approximate surface area is 211 Å². The number of ether oxygens (including phenoxy) is 1. The summed E-state index contributed by atoms with van der Waals surface area (Å²) in [6, 6.07) is 30.2. The first kappa shape index (κ1) is 25.1. The van der Waals surface area contributed by atoms with E-state index in [1.54, 1.807) is 30.3 Å². The molecule has 2 N–H and O–H groups in total. The highest BCUT2D eigenvalue weighted by Gasteiger charge is 2.22. The minimum Gasteiger partial charge on any atom is -0.468 e. The lowest BCUT2D eigenvalue weighted by atomic mass is 10.1. The first-order valence-electron chi connectivity index (χ1n) is 11.4. The lowest BCUT2D eigenvalue weighted by Crippen LogP contribution is -2.39. The Balaban J connectivity index is 1.64. The van der Waals surface area contributed by atoms with Gasteiger partial charge in [0.2, 0.25) is 0 Å². The van der Waals surface area contributed by atoms with Crippen molar-refractivity contribution in [1.29, 1.82) is 0 Å². The van der Waals surface area contributed by atoms with Crippen molar-refractivity contribution >= 4 is 21.7 Å². The molecule has 0 spiro atoms. The summed E-state index contributed by atoms with van der Waals surface area (Å²) < 4.78 is 33.7. The molecular formula is C28H27N3O4S. The molecule has 1 atom stereocenters. The molecule has 7 nitrogen and oxygen atoms in total. The molecule has 0 saturated carbocycles. The number of nitrogens with one attached hydrogen (secondary N) is 2. The smallest absolute Gasteiger partial charge is 0.323 e. The topological polar surface area (TPSA) is 97.4 Å². The normalized spacial score (nSPS) is 12.0. The number of carbonyl (C=O) groups excluding carboxylic acids is 1. The van der Waals surface area contributed by atoms with E-state index >= 15 is 0 Å². The number of nitrogens with zero attached hydrogens (tertiary/aromatic N) is 1. The Bertz CT molecular complexity index is 1400. The van der Waals surface area contributed by atoms with Crippen LogP contribution in [0, 0.1) is 0 Å². The number of aromatic nitrogens is 1. The van der Waals surface area contributed by atoms with Crippen molar-refractivity contribution in [2.45, 2.75) is 23.9 Å². The predicted molar refractivity (Wildman–Crippen MR) is 140 cm³/mol. The second-order valence-corrected chi connectivity index (χ2v) is 9.80. The molecule has 3 aromatic carbocycles.